The molecular formula is C16H21NO5. The first kappa shape index (κ1) is 16.3. The van der Waals surface area contributed by atoms with Crippen molar-refractivity contribution in [2.24, 2.45) is 5.92 Å². The molecule has 1 aliphatic carbocycles. The monoisotopic (exact) mass is 307 g/mol. The van der Waals surface area contributed by atoms with Gasteiger partial charge in [0.15, 0.2) is 6.61 Å². The molecule has 1 aliphatic rings. The molecule has 1 heterocycles. The van der Waals surface area contributed by atoms with Gasteiger partial charge in [0.1, 0.15) is 0 Å². The summed E-state index contributed by atoms with van der Waals surface area (Å²) in [4.78, 5) is 38.6. The van der Waals surface area contributed by atoms with Crippen molar-refractivity contribution in [1.29, 1.82) is 0 Å². The predicted octanol–water partition coefficient (Wildman–Crippen LogP) is 2.33. The minimum Gasteiger partial charge on any atom is -0.462 e. The highest BCUT2D eigenvalue weighted by Gasteiger charge is 2.28. The summed E-state index contributed by atoms with van der Waals surface area (Å²) < 4.78 is 10.0. The zero-order valence-electron chi connectivity index (χ0n) is 13.2. The molecule has 0 unspecified atom stereocenters. The van der Waals surface area contributed by atoms with Gasteiger partial charge in [-0.15, -0.1) is 0 Å². The number of hydrogen-bond acceptors (Lipinski definition) is 5. The molecular weight excluding hydrogens is 286 g/mol. The molecule has 0 atom stereocenters. The minimum atomic E-state index is -0.459. The fourth-order valence-corrected chi connectivity index (χ4v) is 2.51. The Morgan fingerprint density at radius 2 is 1.86 bits per heavy atom. The summed E-state index contributed by atoms with van der Waals surface area (Å²) in [6.45, 7) is 5.07. The average Bonchev–Trinajstić information content (AvgIpc) is 2.69. The Labute approximate surface area is 129 Å². The first-order chi connectivity index (χ1) is 10.5. The van der Waals surface area contributed by atoms with Crippen LogP contribution in [0.25, 0.3) is 0 Å². The first-order valence-electron chi connectivity index (χ1n) is 7.51. The van der Waals surface area contributed by atoms with Crippen LogP contribution in [0.5, 0.6) is 0 Å². The normalized spacial score (nSPS) is 14.3. The van der Waals surface area contributed by atoms with E-state index in [1.54, 1.807) is 20.8 Å². The molecule has 0 radical (unpaired) electrons. The number of H-pyrrole nitrogens is 1. The van der Waals surface area contributed by atoms with Gasteiger partial charge in [0.2, 0.25) is 5.78 Å². The SMILES string of the molecule is CCOC(=O)c1c(C)[nH]c(C(=O)COC(=O)C2CCC2)c1C. The fourth-order valence-electron chi connectivity index (χ4n) is 2.51. The van der Waals surface area contributed by atoms with Crippen LogP contribution in [-0.4, -0.2) is 35.9 Å². The standard InChI is InChI=1S/C16H21NO5/c1-4-21-16(20)13-9(2)14(17-10(13)3)12(18)8-22-15(19)11-6-5-7-11/h11,17H,4-8H2,1-3H3. The van der Waals surface area contributed by atoms with Gasteiger partial charge in [0, 0.05) is 5.69 Å². The number of hydrogen-bond donors (Lipinski definition) is 1. The topological polar surface area (TPSA) is 85.5 Å². The maximum Gasteiger partial charge on any atom is 0.340 e. The molecule has 1 saturated carbocycles. The van der Waals surface area contributed by atoms with Gasteiger partial charge in [-0.25, -0.2) is 4.79 Å². The average molecular weight is 307 g/mol. The number of nitrogens with one attached hydrogen (secondary N) is 1. The number of ketones is 1. The predicted molar refractivity (Wildman–Crippen MR) is 78.9 cm³/mol. The molecule has 1 aromatic heterocycles. The highest BCUT2D eigenvalue weighted by atomic mass is 16.5. The van der Waals surface area contributed by atoms with Gasteiger partial charge < -0.3 is 14.5 Å². The second-order valence-electron chi connectivity index (χ2n) is 5.50. The lowest BCUT2D eigenvalue weighted by Gasteiger charge is -2.22. The number of rotatable bonds is 6. The summed E-state index contributed by atoms with van der Waals surface area (Å²) in [6.07, 6.45) is 2.70. The molecule has 6 nitrogen and oxygen atoms in total. The summed E-state index contributed by atoms with van der Waals surface area (Å²) in [5, 5.41) is 0. The number of ether oxygens (including phenoxy) is 2. The Morgan fingerprint density at radius 1 is 1.18 bits per heavy atom. The number of carbonyl (C=O) groups is 3. The molecule has 0 aliphatic heterocycles. The van der Waals surface area contributed by atoms with E-state index in [0.717, 1.165) is 19.3 Å². The quantitative estimate of drug-likeness (QED) is 0.644. The highest BCUT2D eigenvalue weighted by molar-refractivity contribution is 6.02. The van der Waals surface area contributed by atoms with Crippen LogP contribution in [0.3, 0.4) is 0 Å². The van der Waals surface area contributed by atoms with Crippen LogP contribution in [0.2, 0.25) is 0 Å². The van der Waals surface area contributed by atoms with E-state index in [2.05, 4.69) is 4.98 Å². The molecule has 120 valence electrons. The third-order valence-electron chi connectivity index (χ3n) is 3.98. The largest absolute Gasteiger partial charge is 0.462 e. The van der Waals surface area contributed by atoms with Crippen LogP contribution in [-0.2, 0) is 14.3 Å². The molecule has 1 aromatic rings. The molecule has 1 fully saturated rings. The summed E-state index contributed by atoms with van der Waals surface area (Å²) in [6, 6.07) is 0. The molecule has 0 spiro atoms. The van der Waals surface area contributed by atoms with Gasteiger partial charge in [-0.1, -0.05) is 6.42 Å². The third-order valence-corrected chi connectivity index (χ3v) is 3.98. The zero-order chi connectivity index (χ0) is 16.3. The lowest BCUT2D eigenvalue weighted by molar-refractivity contribution is -0.150. The van der Waals surface area contributed by atoms with E-state index in [-0.39, 0.29) is 30.9 Å². The number of carbonyl (C=O) groups excluding carboxylic acids is 3. The van der Waals surface area contributed by atoms with Crippen molar-refractivity contribution in [3.05, 3.63) is 22.5 Å². The van der Waals surface area contributed by atoms with E-state index >= 15 is 0 Å². The number of esters is 2. The van der Waals surface area contributed by atoms with E-state index in [9.17, 15) is 14.4 Å². The van der Waals surface area contributed by atoms with Crippen LogP contribution in [0, 0.1) is 19.8 Å². The number of aromatic nitrogens is 1. The van der Waals surface area contributed by atoms with Crippen molar-refractivity contribution in [1.82, 2.24) is 4.98 Å². The van der Waals surface area contributed by atoms with Crippen molar-refractivity contribution in [2.75, 3.05) is 13.2 Å². The molecule has 1 N–H and O–H groups in total. The van der Waals surface area contributed by atoms with Crippen molar-refractivity contribution in [3.8, 4) is 0 Å². The van der Waals surface area contributed by atoms with Crippen LogP contribution in [0.4, 0.5) is 0 Å². The minimum absolute atomic E-state index is 0.0608. The second kappa shape index (κ2) is 6.77. The highest BCUT2D eigenvalue weighted by Crippen LogP contribution is 2.27. The van der Waals surface area contributed by atoms with E-state index in [4.69, 9.17) is 9.47 Å². The molecule has 22 heavy (non-hydrogen) atoms. The van der Waals surface area contributed by atoms with Crippen LogP contribution in [0.1, 0.15) is 58.3 Å². The lowest BCUT2D eigenvalue weighted by Crippen LogP contribution is -2.26. The summed E-state index contributed by atoms with van der Waals surface area (Å²) >= 11 is 0. The van der Waals surface area contributed by atoms with Crippen LogP contribution < -0.4 is 0 Å². The fraction of sp³-hybridized carbons (Fsp3) is 0.562. The molecule has 0 amide bonds. The Balaban J connectivity index is 2.05. The van der Waals surface area contributed by atoms with Gasteiger partial charge in [-0.3, -0.25) is 9.59 Å². The van der Waals surface area contributed by atoms with Crippen LogP contribution >= 0.6 is 0 Å². The van der Waals surface area contributed by atoms with Gasteiger partial charge in [-0.2, -0.15) is 0 Å². The molecule has 0 aromatic carbocycles. The van der Waals surface area contributed by atoms with Crippen molar-refractivity contribution >= 4 is 17.7 Å². The Hall–Kier alpha value is -2.11. The van der Waals surface area contributed by atoms with Gasteiger partial charge in [-0.05, 0) is 39.2 Å². The summed E-state index contributed by atoms with van der Waals surface area (Å²) in [7, 11) is 0. The maximum atomic E-state index is 12.2. The van der Waals surface area contributed by atoms with Crippen LogP contribution in [0.15, 0.2) is 0 Å². The van der Waals surface area contributed by atoms with Gasteiger partial charge >= 0.3 is 11.9 Å². The van der Waals surface area contributed by atoms with E-state index in [1.807, 2.05) is 0 Å². The van der Waals surface area contributed by atoms with Crippen molar-refractivity contribution < 1.29 is 23.9 Å². The lowest BCUT2D eigenvalue weighted by atomic mass is 9.86. The number of aryl methyl sites for hydroxylation is 1. The van der Waals surface area contributed by atoms with Crippen molar-refractivity contribution in [3.63, 3.8) is 0 Å². The van der Waals surface area contributed by atoms with E-state index in [1.165, 1.54) is 0 Å². The van der Waals surface area contributed by atoms with Gasteiger partial charge in [0.25, 0.3) is 0 Å². The third kappa shape index (κ3) is 3.21. The molecule has 6 heteroatoms. The smallest absolute Gasteiger partial charge is 0.340 e. The van der Waals surface area contributed by atoms with Crippen molar-refractivity contribution in [2.45, 2.75) is 40.0 Å². The summed E-state index contributed by atoms with van der Waals surface area (Å²) in [5.41, 5.74) is 1.77. The maximum absolute atomic E-state index is 12.2. The Bertz CT molecular complexity index is 598. The van der Waals surface area contributed by atoms with E-state index < -0.39 is 5.97 Å². The number of aromatic amines is 1. The van der Waals surface area contributed by atoms with E-state index in [0.29, 0.717) is 22.5 Å². The zero-order valence-corrected chi connectivity index (χ0v) is 13.2. The number of Topliss-reactive ketones (excluding diaryl/α,β-unsaturated/α-hetero) is 1. The first-order valence-corrected chi connectivity index (χ1v) is 7.51. The molecule has 0 saturated heterocycles. The molecule has 0 bridgehead atoms. The van der Waals surface area contributed by atoms with Gasteiger partial charge in [0.05, 0.1) is 23.8 Å². The molecule has 2 rings (SSSR count). The summed E-state index contributed by atoms with van der Waals surface area (Å²) in [5.74, 6) is -1.18. The Kier molecular flexibility index (Phi) is 5.00. The second-order valence-corrected chi connectivity index (χ2v) is 5.50. The Morgan fingerprint density at radius 3 is 2.41 bits per heavy atom.